The quantitative estimate of drug-likeness (QED) is 0.867. The smallest absolute Gasteiger partial charge is 0.224 e. The van der Waals surface area contributed by atoms with E-state index in [2.05, 4.69) is 26.1 Å². The third-order valence-corrected chi connectivity index (χ3v) is 6.72. The lowest BCUT2D eigenvalue weighted by molar-refractivity contribution is -0.125. The Morgan fingerprint density at radius 3 is 2.45 bits per heavy atom. The molecule has 2 rings (SSSR count). The van der Waals surface area contributed by atoms with E-state index in [0.29, 0.717) is 24.2 Å². The van der Waals surface area contributed by atoms with Crippen molar-refractivity contribution in [2.45, 2.75) is 52.5 Å². The summed E-state index contributed by atoms with van der Waals surface area (Å²) in [5.41, 5.74) is 0. The molecule has 0 aromatic rings. The van der Waals surface area contributed by atoms with Gasteiger partial charge in [-0.3, -0.25) is 4.79 Å². The molecule has 4 unspecified atom stereocenters. The van der Waals surface area contributed by atoms with Crippen molar-refractivity contribution in [3.63, 3.8) is 0 Å². The molecule has 1 amide bonds. The molecule has 1 heterocycles. The Bertz CT molecular complexity index is 458. The van der Waals surface area contributed by atoms with E-state index in [4.69, 9.17) is 0 Å². The number of hydrogen-bond acceptors (Lipinski definition) is 3. The number of hydrogen-bond donors (Lipinski definition) is 1. The minimum absolute atomic E-state index is 0.0352. The van der Waals surface area contributed by atoms with Crippen LogP contribution in [0.1, 0.15) is 46.5 Å². The van der Waals surface area contributed by atoms with Crippen molar-refractivity contribution < 1.29 is 13.2 Å². The van der Waals surface area contributed by atoms with Crippen molar-refractivity contribution in [1.29, 1.82) is 0 Å². The number of sulfone groups is 1. The van der Waals surface area contributed by atoms with Crippen molar-refractivity contribution in [2.24, 2.45) is 23.7 Å². The molecular formula is C15H27NO3S. The van der Waals surface area contributed by atoms with Gasteiger partial charge in [0.05, 0.1) is 17.4 Å². The molecule has 0 aromatic carbocycles. The molecule has 1 aliphatic carbocycles. The van der Waals surface area contributed by atoms with Gasteiger partial charge >= 0.3 is 0 Å². The molecule has 1 saturated carbocycles. The van der Waals surface area contributed by atoms with Crippen LogP contribution in [-0.4, -0.2) is 31.9 Å². The number of amides is 1. The van der Waals surface area contributed by atoms with Gasteiger partial charge in [0.25, 0.3) is 0 Å². The summed E-state index contributed by atoms with van der Waals surface area (Å²) in [7, 11) is -2.98. The Balaban J connectivity index is 1.98. The van der Waals surface area contributed by atoms with Crippen molar-refractivity contribution >= 4 is 15.7 Å². The summed E-state index contributed by atoms with van der Waals surface area (Å²) in [5, 5.41) is 3.16. The second-order valence-electron chi connectivity index (χ2n) is 7.04. The van der Waals surface area contributed by atoms with Crippen LogP contribution in [0.25, 0.3) is 0 Å². The molecule has 0 radical (unpaired) electrons. The summed E-state index contributed by atoms with van der Waals surface area (Å²) in [5.74, 6) is 1.55. The maximum Gasteiger partial charge on any atom is 0.224 e. The van der Waals surface area contributed by atoms with Crippen molar-refractivity contribution in [2.75, 3.05) is 11.5 Å². The molecule has 2 aliphatic rings. The Labute approximate surface area is 122 Å². The maximum atomic E-state index is 12.3. The topological polar surface area (TPSA) is 63.2 Å². The van der Waals surface area contributed by atoms with E-state index in [1.165, 1.54) is 6.42 Å². The first-order valence-corrected chi connectivity index (χ1v) is 9.61. The first-order chi connectivity index (χ1) is 9.28. The fourth-order valence-electron chi connectivity index (χ4n) is 3.67. The Hall–Kier alpha value is -0.580. The summed E-state index contributed by atoms with van der Waals surface area (Å²) in [6.45, 7) is 6.65. The van der Waals surface area contributed by atoms with Crippen molar-refractivity contribution in [3.8, 4) is 0 Å². The van der Waals surface area contributed by atoms with Gasteiger partial charge in [0.2, 0.25) is 5.91 Å². The van der Waals surface area contributed by atoms with E-state index in [0.717, 1.165) is 12.8 Å². The highest BCUT2D eigenvalue weighted by Gasteiger charge is 2.36. The monoisotopic (exact) mass is 301 g/mol. The molecule has 4 nitrogen and oxygen atoms in total. The van der Waals surface area contributed by atoms with Crippen LogP contribution in [0.5, 0.6) is 0 Å². The lowest BCUT2D eigenvalue weighted by atomic mass is 9.74. The van der Waals surface area contributed by atoms with Gasteiger partial charge in [-0.05, 0) is 37.0 Å². The summed E-state index contributed by atoms with van der Waals surface area (Å²) in [4.78, 5) is 12.3. The molecule has 1 N–H and O–H groups in total. The Kier molecular flexibility index (Phi) is 4.77. The van der Waals surface area contributed by atoms with Gasteiger partial charge in [-0.15, -0.1) is 0 Å². The molecular weight excluding hydrogens is 274 g/mol. The van der Waals surface area contributed by atoms with E-state index in [9.17, 15) is 13.2 Å². The third kappa shape index (κ3) is 3.74. The van der Waals surface area contributed by atoms with E-state index >= 15 is 0 Å². The van der Waals surface area contributed by atoms with E-state index in [1.807, 2.05) is 0 Å². The average Bonchev–Trinajstić information content (AvgIpc) is 2.69. The van der Waals surface area contributed by atoms with Gasteiger partial charge in [-0.25, -0.2) is 8.42 Å². The van der Waals surface area contributed by atoms with Gasteiger partial charge in [-0.2, -0.15) is 0 Å². The van der Waals surface area contributed by atoms with Crippen LogP contribution in [0.2, 0.25) is 0 Å². The minimum atomic E-state index is -2.98. The van der Waals surface area contributed by atoms with Crippen molar-refractivity contribution in [1.82, 2.24) is 5.32 Å². The molecule has 0 aromatic heterocycles. The molecule has 20 heavy (non-hydrogen) atoms. The lowest BCUT2D eigenvalue weighted by Crippen LogP contribution is -2.47. The Morgan fingerprint density at radius 1 is 1.20 bits per heavy atom. The molecule has 2 fully saturated rings. The maximum absolute atomic E-state index is 12.3. The second kappa shape index (κ2) is 6.04. The third-order valence-electron chi connectivity index (χ3n) is 4.95. The number of nitrogens with one attached hydrogen (secondary N) is 1. The molecule has 1 saturated heterocycles. The molecule has 0 bridgehead atoms. The number of rotatable bonds is 3. The predicted octanol–water partition coefficient (Wildman–Crippen LogP) is 2.00. The number of carbonyl (C=O) groups is 1. The van der Waals surface area contributed by atoms with Crippen LogP contribution in [0, 0.1) is 23.7 Å². The molecule has 0 spiro atoms. The van der Waals surface area contributed by atoms with Crippen LogP contribution in [-0.2, 0) is 14.6 Å². The molecule has 1 aliphatic heterocycles. The second-order valence-corrected chi connectivity index (χ2v) is 9.27. The van der Waals surface area contributed by atoms with E-state index < -0.39 is 9.84 Å². The van der Waals surface area contributed by atoms with Gasteiger partial charge in [0.1, 0.15) is 0 Å². The normalized spacial score (nSPS) is 37.0. The zero-order chi connectivity index (χ0) is 14.9. The highest BCUT2D eigenvalue weighted by Crippen LogP contribution is 2.33. The zero-order valence-electron chi connectivity index (χ0n) is 12.8. The standard InChI is InChI=1S/C15H27NO3S/c1-10(2)13-5-4-11(3)8-14(13)16-15(17)12-6-7-20(18,19)9-12/h10-14H,4-9H2,1-3H3,(H,16,17). The molecule has 5 heteroatoms. The summed E-state index contributed by atoms with van der Waals surface area (Å²) in [6, 6.07) is 0.217. The van der Waals surface area contributed by atoms with E-state index in [-0.39, 0.29) is 29.4 Å². The van der Waals surface area contributed by atoms with Crippen LogP contribution >= 0.6 is 0 Å². The van der Waals surface area contributed by atoms with Crippen LogP contribution in [0.15, 0.2) is 0 Å². The highest BCUT2D eigenvalue weighted by atomic mass is 32.2. The van der Waals surface area contributed by atoms with Crippen LogP contribution < -0.4 is 5.32 Å². The average molecular weight is 301 g/mol. The highest BCUT2D eigenvalue weighted by molar-refractivity contribution is 7.91. The van der Waals surface area contributed by atoms with Gasteiger partial charge in [-0.1, -0.05) is 27.2 Å². The lowest BCUT2D eigenvalue weighted by Gasteiger charge is -2.38. The van der Waals surface area contributed by atoms with Crippen LogP contribution in [0.4, 0.5) is 0 Å². The van der Waals surface area contributed by atoms with Crippen LogP contribution in [0.3, 0.4) is 0 Å². The summed E-state index contributed by atoms with van der Waals surface area (Å²) in [6.07, 6.45) is 3.90. The van der Waals surface area contributed by atoms with Gasteiger partial charge in [0, 0.05) is 6.04 Å². The summed E-state index contributed by atoms with van der Waals surface area (Å²) < 4.78 is 23.0. The molecule has 4 atom stereocenters. The largest absolute Gasteiger partial charge is 0.353 e. The fourth-order valence-corrected chi connectivity index (χ4v) is 5.41. The fraction of sp³-hybridized carbons (Fsp3) is 0.933. The van der Waals surface area contributed by atoms with Crippen molar-refractivity contribution in [3.05, 3.63) is 0 Å². The van der Waals surface area contributed by atoms with E-state index in [1.54, 1.807) is 0 Å². The first-order valence-electron chi connectivity index (χ1n) is 7.79. The first kappa shape index (κ1) is 15.8. The summed E-state index contributed by atoms with van der Waals surface area (Å²) >= 11 is 0. The molecule has 116 valence electrons. The zero-order valence-corrected chi connectivity index (χ0v) is 13.6. The minimum Gasteiger partial charge on any atom is -0.353 e. The Morgan fingerprint density at radius 2 is 1.90 bits per heavy atom. The van der Waals surface area contributed by atoms with Gasteiger partial charge in [0.15, 0.2) is 9.84 Å². The SMILES string of the molecule is CC1CCC(C(C)C)C(NC(=O)C2CCS(=O)(=O)C2)C1. The number of carbonyl (C=O) groups excluding carboxylic acids is 1. The van der Waals surface area contributed by atoms with Gasteiger partial charge < -0.3 is 5.32 Å². The predicted molar refractivity (Wildman–Crippen MR) is 80.0 cm³/mol.